The van der Waals surface area contributed by atoms with E-state index >= 15 is 0 Å². The van der Waals surface area contributed by atoms with E-state index in [2.05, 4.69) is 9.97 Å². The first-order valence-corrected chi connectivity index (χ1v) is 6.13. The minimum Gasteiger partial charge on any atom is -0.355 e. The van der Waals surface area contributed by atoms with E-state index in [0.29, 0.717) is 23.9 Å². The van der Waals surface area contributed by atoms with Crippen molar-refractivity contribution in [1.29, 1.82) is 0 Å². The van der Waals surface area contributed by atoms with Gasteiger partial charge in [-0.3, -0.25) is 0 Å². The summed E-state index contributed by atoms with van der Waals surface area (Å²) < 4.78 is 26.5. The number of aromatic nitrogens is 2. The van der Waals surface area contributed by atoms with Crippen LogP contribution in [-0.4, -0.2) is 31.1 Å². The fourth-order valence-corrected chi connectivity index (χ4v) is 1.75. The molecule has 0 saturated carbocycles. The lowest BCUT2D eigenvalue weighted by atomic mass is 10.2. The molecule has 2 aromatic rings. The van der Waals surface area contributed by atoms with Crippen molar-refractivity contribution in [3.63, 3.8) is 0 Å². The number of anilines is 2. The predicted octanol–water partition coefficient (Wildman–Crippen LogP) is 2.46. The number of nitrogens with zero attached hydrogens (tertiary/aromatic N) is 4. The van der Waals surface area contributed by atoms with Gasteiger partial charge in [-0.1, -0.05) is 6.07 Å². The summed E-state index contributed by atoms with van der Waals surface area (Å²) in [7, 11) is 5.49. The molecule has 0 atom stereocenters. The number of benzene rings is 1. The second-order valence-electron chi connectivity index (χ2n) is 4.70. The largest absolute Gasteiger partial charge is 0.355 e. The van der Waals surface area contributed by atoms with E-state index in [1.165, 1.54) is 12.1 Å². The number of halogens is 2. The maximum atomic E-state index is 13.6. The van der Waals surface area contributed by atoms with Crippen molar-refractivity contribution in [3.8, 4) is 0 Å². The Morgan fingerprint density at radius 3 is 2.50 bits per heavy atom. The highest BCUT2D eigenvalue weighted by atomic mass is 19.1. The Kier molecular flexibility index (Phi) is 4.12. The van der Waals surface area contributed by atoms with Gasteiger partial charge in [0.1, 0.15) is 17.5 Å². The van der Waals surface area contributed by atoms with Crippen molar-refractivity contribution in [2.75, 3.05) is 30.9 Å². The quantitative estimate of drug-likeness (QED) is 0.860. The molecule has 0 saturated heterocycles. The van der Waals surface area contributed by atoms with Crippen LogP contribution in [0.2, 0.25) is 0 Å². The molecule has 0 aliphatic heterocycles. The van der Waals surface area contributed by atoms with Crippen LogP contribution in [0.5, 0.6) is 0 Å². The van der Waals surface area contributed by atoms with Gasteiger partial charge in [0.15, 0.2) is 0 Å². The molecular weight excluding hydrogens is 262 g/mol. The maximum absolute atomic E-state index is 13.6. The normalized spacial score (nSPS) is 10.4. The molecule has 0 spiro atoms. The monoisotopic (exact) mass is 278 g/mol. The van der Waals surface area contributed by atoms with E-state index in [4.69, 9.17) is 0 Å². The molecule has 0 unspecified atom stereocenters. The fourth-order valence-electron chi connectivity index (χ4n) is 1.75. The van der Waals surface area contributed by atoms with Crippen LogP contribution in [0.1, 0.15) is 5.56 Å². The third kappa shape index (κ3) is 3.20. The van der Waals surface area contributed by atoms with Gasteiger partial charge in [-0.25, -0.2) is 13.8 Å². The van der Waals surface area contributed by atoms with Crippen LogP contribution in [0.15, 0.2) is 30.5 Å². The van der Waals surface area contributed by atoms with Gasteiger partial charge < -0.3 is 9.80 Å². The van der Waals surface area contributed by atoms with E-state index in [9.17, 15) is 8.78 Å². The maximum Gasteiger partial charge on any atom is 0.226 e. The molecule has 1 aromatic heterocycles. The number of hydrogen-bond donors (Lipinski definition) is 0. The summed E-state index contributed by atoms with van der Waals surface area (Å²) in [6.07, 6.45) is 1.65. The molecule has 106 valence electrons. The molecule has 1 heterocycles. The van der Waals surface area contributed by atoms with Gasteiger partial charge in [-0.05, 0) is 12.1 Å². The van der Waals surface area contributed by atoms with Gasteiger partial charge in [-0.2, -0.15) is 4.98 Å². The smallest absolute Gasteiger partial charge is 0.226 e. The van der Waals surface area contributed by atoms with Crippen LogP contribution in [0, 0.1) is 11.6 Å². The Morgan fingerprint density at radius 2 is 1.85 bits per heavy atom. The van der Waals surface area contributed by atoms with Gasteiger partial charge in [0, 0.05) is 45.5 Å². The number of rotatable bonds is 4. The average molecular weight is 278 g/mol. The summed E-state index contributed by atoms with van der Waals surface area (Å²) in [5.41, 5.74) is 0.416. The van der Waals surface area contributed by atoms with Crippen molar-refractivity contribution in [2.24, 2.45) is 0 Å². The second kappa shape index (κ2) is 5.81. The highest BCUT2D eigenvalue weighted by Crippen LogP contribution is 2.17. The lowest BCUT2D eigenvalue weighted by Gasteiger charge is -2.20. The van der Waals surface area contributed by atoms with E-state index in [-0.39, 0.29) is 0 Å². The van der Waals surface area contributed by atoms with Crippen molar-refractivity contribution < 1.29 is 8.78 Å². The van der Waals surface area contributed by atoms with E-state index in [1.807, 2.05) is 14.1 Å². The Bertz CT molecular complexity index is 601. The minimum absolute atomic E-state index is 0.302. The highest BCUT2D eigenvalue weighted by Gasteiger charge is 2.10. The Balaban J connectivity index is 2.19. The molecule has 2 rings (SSSR count). The van der Waals surface area contributed by atoms with Crippen LogP contribution >= 0.6 is 0 Å². The topological polar surface area (TPSA) is 32.3 Å². The third-order valence-corrected chi connectivity index (χ3v) is 2.84. The first-order chi connectivity index (χ1) is 9.47. The van der Waals surface area contributed by atoms with Gasteiger partial charge in [-0.15, -0.1) is 0 Å². The van der Waals surface area contributed by atoms with E-state index in [0.717, 1.165) is 6.07 Å². The fraction of sp³-hybridized carbons (Fsp3) is 0.286. The van der Waals surface area contributed by atoms with Crippen LogP contribution in [0.3, 0.4) is 0 Å². The third-order valence-electron chi connectivity index (χ3n) is 2.84. The molecule has 0 amide bonds. The summed E-state index contributed by atoms with van der Waals surface area (Å²) in [5, 5.41) is 0. The summed E-state index contributed by atoms with van der Waals surface area (Å²) >= 11 is 0. The predicted molar refractivity (Wildman–Crippen MR) is 74.8 cm³/mol. The van der Waals surface area contributed by atoms with Crippen LogP contribution in [0.4, 0.5) is 20.5 Å². The molecule has 0 aliphatic rings. The van der Waals surface area contributed by atoms with Gasteiger partial charge in [0.2, 0.25) is 5.95 Å². The molecule has 1 aromatic carbocycles. The average Bonchev–Trinajstić information content (AvgIpc) is 2.42. The minimum atomic E-state index is -0.578. The van der Waals surface area contributed by atoms with Crippen molar-refractivity contribution in [2.45, 2.75) is 6.54 Å². The van der Waals surface area contributed by atoms with Gasteiger partial charge in [0.25, 0.3) is 0 Å². The standard InChI is InChI=1S/C14H16F2N4/c1-19(2)14-17-7-6-13(18-14)20(3)9-10-4-5-11(15)8-12(10)16/h4-8H,9H2,1-3H3. The summed E-state index contributed by atoms with van der Waals surface area (Å²) in [4.78, 5) is 12.1. The van der Waals surface area contributed by atoms with Crippen LogP contribution in [0.25, 0.3) is 0 Å². The summed E-state index contributed by atoms with van der Waals surface area (Å²) in [5.74, 6) is 0.117. The molecule has 6 heteroatoms. The Hall–Kier alpha value is -2.24. The van der Waals surface area contributed by atoms with E-state index < -0.39 is 11.6 Å². The van der Waals surface area contributed by atoms with Crippen molar-refractivity contribution >= 4 is 11.8 Å². The zero-order chi connectivity index (χ0) is 14.7. The van der Waals surface area contributed by atoms with Crippen LogP contribution < -0.4 is 9.80 Å². The van der Waals surface area contributed by atoms with Gasteiger partial charge in [0.05, 0.1) is 0 Å². The SMILES string of the molecule is CN(C)c1nccc(N(C)Cc2ccc(F)cc2F)n1. The Labute approximate surface area is 116 Å². The van der Waals surface area contributed by atoms with Crippen molar-refractivity contribution in [3.05, 3.63) is 47.7 Å². The highest BCUT2D eigenvalue weighted by molar-refractivity contribution is 5.43. The first kappa shape index (κ1) is 14.2. The Morgan fingerprint density at radius 1 is 1.10 bits per heavy atom. The molecule has 0 fully saturated rings. The van der Waals surface area contributed by atoms with Gasteiger partial charge >= 0.3 is 0 Å². The van der Waals surface area contributed by atoms with E-state index in [1.54, 1.807) is 29.1 Å². The second-order valence-corrected chi connectivity index (χ2v) is 4.70. The molecule has 0 radical (unpaired) electrons. The molecule has 0 aliphatic carbocycles. The molecular formula is C14H16F2N4. The summed E-state index contributed by atoms with van der Waals surface area (Å²) in [6, 6.07) is 5.32. The first-order valence-electron chi connectivity index (χ1n) is 6.13. The summed E-state index contributed by atoms with van der Waals surface area (Å²) in [6.45, 7) is 0.302. The molecule has 4 nitrogen and oxygen atoms in total. The van der Waals surface area contributed by atoms with Crippen LogP contribution in [-0.2, 0) is 6.54 Å². The molecule has 20 heavy (non-hydrogen) atoms. The zero-order valence-electron chi connectivity index (χ0n) is 11.6. The zero-order valence-corrected chi connectivity index (χ0v) is 11.6. The molecule has 0 bridgehead atoms. The lowest BCUT2D eigenvalue weighted by Crippen LogP contribution is -2.20. The lowest BCUT2D eigenvalue weighted by molar-refractivity contribution is 0.571. The number of hydrogen-bond acceptors (Lipinski definition) is 4. The molecule has 0 N–H and O–H groups in total. The van der Waals surface area contributed by atoms with Crippen molar-refractivity contribution in [1.82, 2.24) is 9.97 Å².